The fourth-order valence-corrected chi connectivity index (χ4v) is 5.92. The number of benzene rings is 2. The van der Waals surface area contributed by atoms with Crippen LogP contribution in [0.1, 0.15) is 5.56 Å². The van der Waals surface area contributed by atoms with E-state index >= 15 is 0 Å². The Morgan fingerprint density at radius 3 is 2.31 bits per heavy atom. The number of carbonyl (C=O) groups excluding carboxylic acids is 1. The fourth-order valence-electron chi connectivity index (χ4n) is 3.93. The number of thiophene rings is 2. The van der Waals surface area contributed by atoms with Gasteiger partial charge in [0.2, 0.25) is 0 Å². The van der Waals surface area contributed by atoms with Crippen LogP contribution in [0.4, 0.5) is 0 Å². The largest absolute Gasteiger partial charge is 0.494 e. The molecule has 0 radical (unpaired) electrons. The van der Waals surface area contributed by atoms with Crippen molar-refractivity contribution in [2.24, 2.45) is 4.99 Å². The van der Waals surface area contributed by atoms with Crippen molar-refractivity contribution < 1.29 is 9.90 Å². The van der Waals surface area contributed by atoms with E-state index < -0.39 is 0 Å². The number of para-hydroxylation sites is 2. The topological polar surface area (TPSA) is 65.4 Å². The Morgan fingerprint density at radius 1 is 0.812 bits per heavy atom. The molecule has 2 N–H and O–H groups in total. The molecule has 1 amide bonds. The van der Waals surface area contributed by atoms with Gasteiger partial charge in [0.15, 0.2) is 5.88 Å². The zero-order chi connectivity index (χ0) is 21.7. The van der Waals surface area contributed by atoms with Crippen LogP contribution in [0.15, 0.2) is 77.8 Å². The molecule has 5 aromatic rings. The third kappa shape index (κ3) is 3.21. The summed E-state index contributed by atoms with van der Waals surface area (Å²) in [5, 5.41) is 12.9. The highest BCUT2D eigenvalue weighted by Gasteiger charge is 2.13. The molecule has 0 bridgehead atoms. The summed E-state index contributed by atoms with van der Waals surface area (Å²) in [6, 6.07) is 23.8. The highest BCUT2D eigenvalue weighted by atomic mass is 32.1. The highest BCUT2D eigenvalue weighted by molar-refractivity contribution is 7.11. The SMILES string of the molecule is O=C1N=c2ccccc2=C1C=c1ccc(=c2ccc(=Cc3c(O)[nH]c4ccccc34)s2)s1. The van der Waals surface area contributed by atoms with Gasteiger partial charge in [0.05, 0.1) is 10.9 Å². The van der Waals surface area contributed by atoms with E-state index in [-0.39, 0.29) is 11.8 Å². The Morgan fingerprint density at radius 2 is 1.50 bits per heavy atom. The molecule has 0 saturated carbocycles. The molecule has 2 aromatic carbocycles. The van der Waals surface area contributed by atoms with Crippen LogP contribution in [0.2, 0.25) is 0 Å². The second-order valence-corrected chi connectivity index (χ2v) is 9.70. The van der Waals surface area contributed by atoms with Crippen molar-refractivity contribution in [1.82, 2.24) is 4.98 Å². The quantitative estimate of drug-likeness (QED) is 0.433. The van der Waals surface area contributed by atoms with E-state index in [4.69, 9.17) is 0 Å². The summed E-state index contributed by atoms with van der Waals surface area (Å²) < 4.78 is 4.36. The predicted molar refractivity (Wildman–Crippen MR) is 129 cm³/mol. The van der Waals surface area contributed by atoms with Gasteiger partial charge in [-0.1, -0.05) is 36.4 Å². The first kappa shape index (κ1) is 19.0. The maximum atomic E-state index is 12.3. The zero-order valence-electron chi connectivity index (χ0n) is 16.7. The van der Waals surface area contributed by atoms with E-state index in [1.165, 1.54) is 0 Å². The van der Waals surface area contributed by atoms with Gasteiger partial charge in [0.25, 0.3) is 5.91 Å². The van der Waals surface area contributed by atoms with Gasteiger partial charge in [-0.15, -0.1) is 22.7 Å². The first-order valence-corrected chi connectivity index (χ1v) is 11.7. The minimum atomic E-state index is -0.187. The van der Waals surface area contributed by atoms with Gasteiger partial charge >= 0.3 is 0 Å². The average molecular weight is 453 g/mol. The molecule has 4 nitrogen and oxygen atoms in total. The Labute approximate surface area is 189 Å². The van der Waals surface area contributed by atoms with Gasteiger partial charge in [-0.25, -0.2) is 4.99 Å². The van der Waals surface area contributed by atoms with Gasteiger partial charge < -0.3 is 10.1 Å². The number of carbonyl (C=O) groups is 1. The molecule has 6 heteroatoms. The maximum absolute atomic E-state index is 12.3. The molecule has 0 fully saturated rings. The molecule has 154 valence electrons. The molecule has 0 spiro atoms. The molecule has 4 heterocycles. The van der Waals surface area contributed by atoms with Gasteiger partial charge in [0.1, 0.15) is 0 Å². The average Bonchev–Trinajstić information content (AvgIpc) is 3.56. The number of aromatic amines is 1. The standard InChI is InChI=1S/C26H16N2O2S2/c29-25-19(17-5-1-3-7-21(17)27-25)13-15-9-11-23(31-15)24-12-10-16(32-24)14-20-18-6-2-4-8-22(18)28-26(20)30/h1-14,27,29H. The summed E-state index contributed by atoms with van der Waals surface area (Å²) in [5.74, 6) is -0.00851. The van der Waals surface area contributed by atoms with Crippen molar-refractivity contribution in [3.05, 3.63) is 107 Å². The lowest BCUT2D eigenvalue weighted by Gasteiger charge is -1.90. The number of fused-ring (bicyclic) bond motifs is 2. The lowest BCUT2D eigenvalue weighted by molar-refractivity contribution is -0.112. The lowest BCUT2D eigenvalue weighted by atomic mass is 10.1. The smallest absolute Gasteiger partial charge is 0.278 e. The molecular weight excluding hydrogens is 436 g/mol. The molecule has 1 aliphatic rings. The predicted octanol–water partition coefficient (Wildman–Crippen LogP) is 2.90. The van der Waals surface area contributed by atoms with Crippen molar-refractivity contribution in [1.29, 1.82) is 0 Å². The summed E-state index contributed by atoms with van der Waals surface area (Å²) in [5.41, 5.74) is 2.36. The van der Waals surface area contributed by atoms with E-state index in [0.29, 0.717) is 5.57 Å². The van der Waals surface area contributed by atoms with E-state index in [1.54, 1.807) is 22.7 Å². The molecule has 0 unspecified atom stereocenters. The second-order valence-electron chi connectivity index (χ2n) is 7.47. The van der Waals surface area contributed by atoms with Crippen LogP contribution >= 0.6 is 22.7 Å². The summed E-state index contributed by atoms with van der Waals surface area (Å²) >= 11 is 3.32. The number of H-pyrrole nitrogens is 1. The van der Waals surface area contributed by atoms with E-state index in [1.807, 2.05) is 66.7 Å². The Kier molecular flexibility index (Phi) is 4.41. The van der Waals surface area contributed by atoms with Gasteiger partial charge in [-0.3, -0.25) is 4.79 Å². The molecule has 0 aliphatic carbocycles. The fraction of sp³-hybridized carbons (Fsp3) is 0. The van der Waals surface area contributed by atoms with Crippen molar-refractivity contribution in [3.63, 3.8) is 0 Å². The Hall–Kier alpha value is -3.74. The van der Waals surface area contributed by atoms with Crippen molar-refractivity contribution in [2.45, 2.75) is 0 Å². The summed E-state index contributed by atoms with van der Waals surface area (Å²) in [7, 11) is 0. The van der Waals surface area contributed by atoms with Crippen molar-refractivity contribution in [3.8, 4) is 5.88 Å². The number of nitrogens with zero attached hydrogens (tertiary/aromatic N) is 1. The van der Waals surface area contributed by atoms with Crippen molar-refractivity contribution in [2.75, 3.05) is 0 Å². The summed E-state index contributed by atoms with van der Waals surface area (Å²) in [4.78, 5) is 19.5. The second kappa shape index (κ2) is 7.44. The molecule has 1 aliphatic heterocycles. The van der Waals surface area contributed by atoms with E-state index in [9.17, 15) is 9.90 Å². The third-order valence-electron chi connectivity index (χ3n) is 5.44. The monoisotopic (exact) mass is 452 g/mol. The van der Waals surface area contributed by atoms with E-state index in [0.717, 1.165) is 45.2 Å². The number of hydrogen-bond acceptors (Lipinski definition) is 4. The van der Waals surface area contributed by atoms with Crippen LogP contribution in [-0.4, -0.2) is 16.0 Å². The normalized spacial score (nSPS) is 15.5. The van der Waals surface area contributed by atoms with Crippen LogP contribution in [0.5, 0.6) is 5.88 Å². The number of aromatic nitrogens is 1. The van der Waals surface area contributed by atoms with Gasteiger partial charge in [0, 0.05) is 39.8 Å². The molecule has 0 atom stereocenters. The third-order valence-corrected chi connectivity index (χ3v) is 7.70. The zero-order valence-corrected chi connectivity index (χ0v) is 18.3. The van der Waals surface area contributed by atoms with Crippen LogP contribution in [0.25, 0.3) is 28.6 Å². The van der Waals surface area contributed by atoms with E-state index in [2.05, 4.69) is 28.2 Å². The van der Waals surface area contributed by atoms with Crippen LogP contribution in [0.3, 0.4) is 0 Å². The number of aromatic hydroxyl groups is 1. The molecule has 3 aromatic heterocycles. The Bertz CT molecular complexity index is 1870. The molecular formula is C26H16N2O2S2. The number of amides is 1. The van der Waals surface area contributed by atoms with Crippen LogP contribution < -0.4 is 19.6 Å². The van der Waals surface area contributed by atoms with Crippen molar-refractivity contribution >= 4 is 57.2 Å². The van der Waals surface area contributed by atoms with Crippen LogP contribution in [0, 0.1) is 9.06 Å². The molecule has 6 rings (SSSR count). The summed E-state index contributed by atoms with van der Waals surface area (Å²) in [6.45, 7) is 0. The van der Waals surface area contributed by atoms with Gasteiger partial charge in [-0.2, -0.15) is 0 Å². The minimum absolute atomic E-state index is 0.179. The maximum Gasteiger partial charge on any atom is 0.278 e. The number of hydrogen-bond donors (Lipinski definition) is 2. The lowest BCUT2D eigenvalue weighted by Crippen LogP contribution is -2.21. The van der Waals surface area contributed by atoms with Gasteiger partial charge in [-0.05, 0) is 48.6 Å². The highest BCUT2D eigenvalue weighted by Crippen LogP contribution is 2.27. The first-order valence-electron chi connectivity index (χ1n) is 10.1. The Balaban J connectivity index is 1.47. The minimum Gasteiger partial charge on any atom is -0.494 e. The number of nitrogens with one attached hydrogen (secondary N) is 1. The molecule has 0 saturated heterocycles. The number of rotatable bonds is 2. The van der Waals surface area contributed by atoms with Crippen LogP contribution in [-0.2, 0) is 4.79 Å². The first-order chi connectivity index (χ1) is 15.7. The summed E-state index contributed by atoms with van der Waals surface area (Å²) in [6.07, 6.45) is 3.94. The molecule has 32 heavy (non-hydrogen) atoms.